The molecule has 4 N–H and O–H groups in total. The van der Waals surface area contributed by atoms with Gasteiger partial charge in [0.25, 0.3) is 0 Å². The largest absolute Gasteiger partial charge is 0.369 e. The molecule has 0 aliphatic heterocycles. The number of nitrogens with two attached hydrogens (primary N) is 2. The molecule has 1 unspecified atom stereocenters. The van der Waals surface area contributed by atoms with Crippen molar-refractivity contribution in [3.05, 3.63) is 0 Å². The van der Waals surface area contributed by atoms with E-state index in [2.05, 4.69) is 0 Å². The fourth-order valence-corrected chi connectivity index (χ4v) is 1.73. The highest BCUT2D eigenvalue weighted by atomic mass is 16.1. The van der Waals surface area contributed by atoms with Crippen LogP contribution in [0.2, 0.25) is 0 Å². The smallest absolute Gasteiger partial charge is 0.222 e. The van der Waals surface area contributed by atoms with Gasteiger partial charge in [-0.1, -0.05) is 13.8 Å². The van der Waals surface area contributed by atoms with Crippen LogP contribution in [0.1, 0.15) is 26.7 Å². The number of amides is 1. The number of carbonyl (C=O) groups excluding carboxylic acids is 1. The van der Waals surface area contributed by atoms with Crippen LogP contribution in [-0.4, -0.2) is 11.4 Å². The molecule has 0 radical (unpaired) electrons. The minimum atomic E-state index is -0.264. The molecule has 1 fully saturated rings. The molecule has 0 saturated heterocycles. The first kappa shape index (κ1) is 8.53. The normalized spacial score (nSPS) is 23.3. The van der Waals surface area contributed by atoms with Gasteiger partial charge in [0.1, 0.15) is 0 Å². The van der Waals surface area contributed by atoms with Crippen LogP contribution in [-0.2, 0) is 4.79 Å². The van der Waals surface area contributed by atoms with Crippen LogP contribution in [0.4, 0.5) is 0 Å². The molecule has 0 aromatic heterocycles. The van der Waals surface area contributed by atoms with Crippen LogP contribution in [0.15, 0.2) is 0 Å². The van der Waals surface area contributed by atoms with E-state index < -0.39 is 0 Å². The maximum Gasteiger partial charge on any atom is 0.222 e. The molecule has 0 bridgehead atoms. The first-order valence-electron chi connectivity index (χ1n) is 4.05. The van der Waals surface area contributed by atoms with Crippen molar-refractivity contribution in [1.29, 1.82) is 0 Å². The van der Waals surface area contributed by atoms with Gasteiger partial charge in [0, 0.05) is 5.54 Å². The van der Waals surface area contributed by atoms with Gasteiger partial charge in [0.15, 0.2) is 0 Å². The van der Waals surface area contributed by atoms with E-state index in [9.17, 15) is 4.79 Å². The lowest BCUT2D eigenvalue weighted by Crippen LogP contribution is -2.44. The van der Waals surface area contributed by atoms with Crippen molar-refractivity contribution < 1.29 is 4.79 Å². The Morgan fingerprint density at radius 3 is 2.00 bits per heavy atom. The Balaban J connectivity index is 2.68. The predicted molar refractivity (Wildman–Crippen MR) is 43.7 cm³/mol. The number of rotatable bonds is 3. The van der Waals surface area contributed by atoms with Crippen LogP contribution in [0, 0.1) is 11.8 Å². The van der Waals surface area contributed by atoms with Gasteiger partial charge in [-0.05, 0) is 18.8 Å². The lowest BCUT2D eigenvalue weighted by molar-refractivity contribution is -0.124. The van der Waals surface area contributed by atoms with Gasteiger partial charge >= 0.3 is 0 Å². The third kappa shape index (κ3) is 1.53. The van der Waals surface area contributed by atoms with Crippen molar-refractivity contribution in [3.8, 4) is 0 Å². The second-order valence-corrected chi connectivity index (χ2v) is 3.86. The van der Waals surface area contributed by atoms with Gasteiger partial charge in [-0.25, -0.2) is 0 Å². The van der Waals surface area contributed by atoms with Gasteiger partial charge < -0.3 is 11.5 Å². The topological polar surface area (TPSA) is 69.1 Å². The Morgan fingerprint density at radius 2 is 1.91 bits per heavy atom. The maximum atomic E-state index is 11.0. The second-order valence-electron chi connectivity index (χ2n) is 3.86. The van der Waals surface area contributed by atoms with Crippen LogP contribution in [0.25, 0.3) is 0 Å². The lowest BCUT2D eigenvalue weighted by atomic mass is 9.86. The summed E-state index contributed by atoms with van der Waals surface area (Å²) in [7, 11) is 0. The summed E-state index contributed by atoms with van der Waals surface area (Å²) in [6, 6.07) is 0. The van der Waals surface area contributed by atoms with Crippen molar-refractivity contribution in [2.24, 2.45) is 23.3 Å². The quantitative estimate of drug-likeness (QED) is 0.614. The zero-order valence-corrected chi connectivity index (χ0v) is 7.13. The summed E-state index contributed by atoms with van der Waals surface area (Å²) in [6.45, 7) is 3.98. The van der Waals surface area contributed by atoms with E-state index in [0.717, 1.165) is 12.8 Å². The highest BCUT2D eigenvalue weighted by molar-refractivity contribution is 5.79. The summed E-state index contributed by atoms with van der Waals surface area (Å²) in [6.07, 6.45) is 1.89. The van der Waals surface area contributed by atoms with E-state index in [0.29, 0.717) is 0 Å². The average Bonchev–Trinajstić information content (AvgIpc) is 2.44. The third-order valence-electron chi connectivity index (χ3n) is 2.42. The molecule has 0 aromatic carbocycles. The molecule has 1 rings (SSSR count). The fourth-order valence-electron chi connectivity index (χ4n) is 1.73. The van der Waals surface area contributed by atoms with Crippen molar-refractivity contribution in [2.75, 3.05) is 0 Å². The minimum Gasteiger partial charge on any atom is -0.369 e. The molecule has 1 aliphatic carbocycles. The molecular formula is C8H16N2O. The van der Waals surface area contributed by atoms with Crippen molar-refractivity contribution in [3.63, 3.8) is 0 Å². The molecular weight excluding hydrogens is 140 g/mol. The SMILES string of the molecule is CC(C)C(C(N)=O)C1(N)CC1. The van der Waals surface area contributed by atoms with Gasteiger partial charge in [-0.15, -0.1) is 0 Å². The van der Waals surface area contributed by atoms with E-state index in [1.807, 2.05) is 13.8 Å². The fraction of sp³-hybridized carbons (Fsp3) is 0.875. The molecule has 0 heterocycles. The summed E-state index contributed by atoms with van der Waals surface area (Å²) in [5.74, 6) is -0.123. The van der Waals surface area contributed by atoms with E-state index >= 15 is 0 Å². The molecule has 0 aromatic rings. The lowest BCUT2D eigenvalue weighted by Gasteiger charge is -2.23. The summed E-state index contributed by atoms with van der Waals surface area (Å²) < 4.78 is 0. The monoisotopic (exact) mass is 156 g/mol. The summed E-state index contributed by atoms with van der Waals surface area (Å²) in [5.41, 5.74) is 10.9. The zero-order chi connectivity index (χ0) is 8.65. The minimum absolute atomic E-state index is 0.137. The van der Waals surface area contributed by atoms with Crippen LogP contribution < -0.4 is 11.5 Å². The highest BCUT2D eigenvalue weighted by Gasteiger charge is 2.49. The zero-order valence-electron chi connectivity index (χ0n) is 7.13. The van der Waals surface area contributed by atoms with Crippen molar-refractivity contribution in [1.82, 2.24) is 0 Å². The number of carbonyl (C=O) groups is 1. The molecule has 1 amide bonds. The molecule has 3 nitrogen and oxygen atoms in total. The Labute approximate surface area is 67.1 Å². The maximum absolute atomic E-state index is 11.0. The summed E-state index contributed by atoms with van der Waals surface area (Å²) in [4.78, 5) is 11.0. The number of hydrogen-bond acceptors (Lipinski definition) is 2. The molecule has 0 spiro atoms. The van der Waals surface area contributed by atoms with E-state index in [4.69, 9.17) is 11.5 Å². The third-order valence-corrected chi connectivity index (χ3v) is 2.42. The van der Waals surface area contributed by atoms with Crippen LogP contribution in [0.3, 0.4) is 0 Å². The Kier molecular flexibility index (Phi) is 1.92. The molecule has 3 heteroatoms. The standard InChI is InChI=1S/C8H16N2O/c1-5(2)6(7(9)11)8(10)3-4-8/h5-6H,3-4,10H2,1-2H3,(H2,9,11). The Hall–Kier alpha value is -0.570. The summed E-state index contributed by atoms with van der Waals surface area (Å²) >= 11 is 0. The first-order valence-corrected chi connectivity index (χ1v) is 4.05. The Morgan fingerprint density at radius 1 is 1.45 bits per heavy atom. The number of primary amides is 1. The molecule has 11 heavy (non-hydrogen) atoms. The highest BCUT2D eigenvalue weighted by Crippen LogP contribution is 2.42. The van der Waals surface area contributed by atoms with Crippen LogP contribution >= 0.6 is 0 Å². The van der Waals surface area contributed by atoms with Crippen molar-refractivity contribution in [2.45, 2.75) is 32.2 Å². The number of hydrogen-bond donors (Lipinski definition) is 2. The van der Waals surface area contributed by atoms with Gasteiger partial charge in [0.05, 0.1) is 5.92 Å². The summed E-state index contributed by atoms with van der Waals surface area (Å²) in [5, 5.41) is 0. The molecule has 1 saturated carbocycles. The van der Waals surface area contributed by atoms with E-state index in [-0.39, 0.29) is 23.3 Å². The van der Waals surface area contributed by atoms with Gasteiger partial charge in [-0.3, -0.25) is 4.79 Å². The molecule has 64 valence electrons. The molecule has 1 aliphatic rings. The van der Waals surface area contributed by atoms with Crippen LogP contribution in [0.5, 0.6) is 0 Å². The van der Waals surface area contributed by atoms with Crippen molar-refractivity contribution >= 4 is 5.91 Å². The van der Waals surface area contributed by atoms with Gasteiger partial charge in [-0.2, -0.15) is 0 Å². The molecule has 1 atom stereocenters. The van der Waals surface area contributed by atoms with E-state index in [1.165, 1.54) is 0 Å². The first-order chi connectivity index (χ1) is 4.97. The van der Waals surface area contributed by atoms with E-state index in [1.54, 1.807) is 0 Å². The Bertz CT molecular complexity index is 173. The second kappa shape index (κ2) is 2.48. The van der Waals surface area contributed by atoms with Gasteiger partial charge in [0.2, 0.25) is 5.91 Å². The average molecular weight is 156 g/mol. The predicted octanol–water partition coefficient (Wildman–Crippen LogP) is 0.235.